The van der Waals surface area contributed by atoms with Crippen molar-refractivity contribution in [2.24, 2.45) is 0 Å². The van der Waals surface area contributed by atoms with Crippen molar-refractivity contribution >= 4 is 22.2 Å². The van der Waals surface area contributed by atoms with Crippen LogP contribution in [0, 0.1) is 11.3 Å². The smallest absolute Gasteiger partial charge is 0.260 e. The minimum absolute atomic E-state index is 0.236. The van der Waals surface area contributed by atoms with Crippen LogP contribution in [-0.2, 0) is 12.8 Å². The van der Waals surface area contributed by atoms with E-state index in [1.54, 1.807) is 18.2 Å². The molecule has 1 aliphatic carbocycles. The van der Waals surface area contributed by atoms with Crippen LogP contribution in [0.25, 0.3) is 0 Å². The molecule has 0 aliphatic heterocycles. The van der Waals surface area contributed by atoms with Crippen LogP contribution in [0.2, 0.25) is 0 Å². The van der Waals surface area contributed by atoms with Gasteiger partial charge in [0.1, 0.15) is 16.8 Å². The quantitative estimate of drug-likeness (QED) is 0.935. The van der Waals surface area contributed by atoms with Gasteiger partial charge in [-0.3, -0.25) is 4.79 Å². The van der Waals surface area contributed by atoms with Crippen LogP contribution in [0.3, 0.4) is 0 Å². The van der Waals surface area contributed by atoms with E-state index in [0.29, 0.717) is 28.5 Å². The van der Waals surface area contributed by atoms with E-state index >= 15 is 0 Å². The Morgan fingerprint density at radius 1 is 1.41 bits per heavy atom. The Kier molecular flexibility index (Phi) is 4.12. The molecule has 1 aromatic heterocycles. The lowest BCUT2D eigenvalue weighted by atomic mass is 10.1. The fourth-order valence-electron chi connectivity index (χ4n) is 2.72. The normalized spacial score (nSPS) is 12.5. The van der Waals surface area contributed by atoms with Crippen molar-refractivity contribution in [1.82, 2.24) is 0 Å². The number of carbonyl (C=O) groups excluding carboxylic acids is 1. The minimum atomic E-state index is -0.236. The van der Waals surface area contributed by atoms with Crippen LogP contribution in [0.15, 0.2) is 24.3 Å². The van der Waals surface area contributed by atoms with E-state index in [2.05, 4.69) is 11.4 Å². The lowest BCUT2D eigenvalue weighted by molar-refractivity contribution is 0.102. The zero-order chi connectivity index (χ0) is 15.5. The zero-order valence-electron chi connectivity index (χ0n) is 12.3. The van der Waals surface area contributed by atoms with Gasteiger partial charge < -0.3 is 10.1 Å². The van der Waals surface area contributed by atoms with Crippen LogP contribution in [0.5, 0.6) is 5.75 Å². The molecule has 112 valence electrons. The molecule has 0 radical (unpaired) electrons. The van der Waals surface area contributed by atoms with Crippen molar-refractivity contribution in [3.8, 4) is 11.8 Å². The third kappa shape index (κ3) is 2.58. The number of nitriles is 1. The van der Waals surface area contributed by atoms with Gasteiger partial charge in [-0.15, -0.1) is 11.3 Å². The number of carbonyl (C=O) groups is 1. The first-order valence-corrected chi connectivity index (χ1v) is 8.14. The number of para-hydroxylation sites is 1. The first kappa shape index (κ1) is 14.6. The number of nitrogens with one attached hydrogen (secondary N) is 1. The van der Waals surface area contributed by atoms with Gasteiger partial charge in [-0.05, 0) is 43.9 Å². The third-order valence-electron chi connectivity index (χ3n) is 3.69. The summed E-state index contributed by atoms with van der Waals surface area (Å²) in [6.07, 6.45) is 3.03. The van der Waals surface area contributed by atoms with E-state index < -0.39 is 0 Å². The van der Waals surface area contributed by atoms with E-state index in [4.69, 9.17) is 4.74 Å². The second-order valence-electron chi connectivity index (χ2n) is 5.06. The zero-order valence-corrected chi connectivity index (χ0v) is 13.1. The van der Waals surface area contributed by atoms with Gasteiger partial charge in [0.2, 0.25) is 0 Å². The number of aryl methyl sites for hydroxylation is 1. The summed E-state index contributed by atoms with van der Waals surface area (Å²) in [5.74, 6) is 0.325. The second kappa shape index (κ2) is 6.20. The van der Waals surface area contributed by atoms with E-state index in [1.807, 2.05) is 13.0 Å². The molecule has 0 unspecified atom stereocenters. The average molecular weight is 312 g/mol. The molecule has 3 rings (SSSR count). The maximum absolute atomic E-state index is 12.5. The highest BCUT2D eigenvalue weighted by Gasteiger charge is 2.24. The van der Waals surface area contributed by atoms with Crippen LogP contribution in [-0.4, -0.2) is 12.5 Å². The van der Waals surface area contributed by atoms with Gasteiger partial charge in [-0.25, -0.2) is 0 Å². The number of fused-ring (bicyclic) bond motifs is 1. The summed E-state index contributed by atoms with van der Waals surface area (Å²) in [5, 5.41) is 12.9. The van der Waals surface area contributed by atoms with Gasteiger partial charge in [-0.1, -0.05) is 12.1 Å². The predicted molar refractivity (Wildman–Crippen MR) is 86.6 cm³/mol. The largest absolute Gasteiger partial charge is 0.493 e. The topological polar surface area (TPSA) is 62.1 Å². The Labute approximate surface area is 133 Å². The van der Waals surface area contributed by atoms with E-state index in [-0.39, 0.29) is 5.91 Å². The van der Waals surface area contributed by atoms with Crippen molar-refractivity contribution in [2.75, 3.05) is 11.9 Å². The molecule has 0 fully saturated rings. The Balaban J connectivity index is 1.88. The molecule has 5 heteroatoms. The SMILES string of the molecule is CCOc1ccccc1C(=O)Nc1sc2c(c1C#N)CCC2. The molecule has 1 aliphatic rings. The summed E-state index contributed by atoms with van der Waals surface area (Å²) in [4.78, 5) is 13.7. The molecule has 4 nitrogen and oxygen atoms in total. The molecule has 1 aromatic carbocycles. The molecule has 0 atom stereocenters. The molecule has 22 heavy (non-hydrogen) atoms. The molecule has 0 saturated carbocycles. The lowest BCUT2D eigenvalue weighted by Crippen LogP contribution is -2.13. The number of benzene rings is 1. The molecule has 0 spiro atoms. The number of nitrogens with zero attached hydrogens (tertiary/aromatic N) is 1. The highest BCUT2D eigenvalue weighted by Crippen LogP contribution is 2.38. The summed E-state index contributed by atoms with van der Waals surface area (Å²) in [5.41, 5.74) is 2.22. The van der Waals surface area contributed by atoms with Crippen LogP contribution in [0.4, 0.5) is 5.00 Å². The van der Waals surface area contributed by atoms with Crippen molar-refractivity contribution in [2.45, 2.75) is 26.2 Å². The highest BCUT2D eigenvalue weighted by atomic mass is 32.1. The Morgan fingerprint density at radius 2 is 2.23 bits per heavy atom. The Hall–Kier alpha value is -2.32. The van der Waals surface area contributed by atoms with Gasteiger partial charge in [0.15, 0.2) is 0 Å². The van der Waals surface area contributed by atoms with Crippen molar-refractivity contribution in [3.63, 3.8) is 0 Å². The summed E-state index contributed by atoms with van der Waals surface area (Å²) >= 11 is 1.52. The van der Waals surface area contributed by atoms with Crippen molar-refractivity contribution in [1.29, 1.82) is 5.26 Å². The van der Waals surface area contributed by atoms with Crippen LogP contribution in [0.1, 0.15) is 39.7 Å². The molecule has 1 N–H and O–H groups in total. The summed E-state index contributed by atoms with van der Waals surface area (Å²) < 4.78 is 5.49. The molecule has 2 aromatic rings. The van der Waals surface area contributed by atoms with Crippen molar-refractivity contribution in [3.05, 3.63) is 45.8 Å². The minimum Gasteiger partial charge on any atom is -0.493 e. The van der Waals surface area contributed by atoms with Crippen LogP contribution >= 0.6 is 11.3 Å². The van der Waals surface area contributed by atoms with Crippen molar-refractivity contribution < 1.29 is 9.53 Å². The van der Waals surface area contributed by atoms with Gasteiger partial charge >= 0.3 is 0 Å². The summed E-state index contributed by atoms with van der Waals surface area (Å²) in [6.45, 7) is 2.38. The van der Waals surface area contributed by atoms with Crippen LogP contribution < -0.4 is 10.1 Å². The third-order valence-corrected chi connectivity index (χ3v) is 4.90. The predicted octanol–water partition coefficient (Wildman–Crippen LogP) is 3.76. The summed E-state index contributed by atoms with van der Waals surface area (Å²) in [7, 11) is 0. The maximum atomic E-state index is 12.5. The first-order chi connectivity index (χ1) is 10.7. The average Bonchev–Trinajstić information content (AvgIpc) is 3.08. The molecule has 1 heterocycles. The van der Waals surface area contributed by atoms with E-state index in [0.717, 1.165) is 24.8 Å². The highest BCUT2D eigenvalue weighted by molar-refractivity contribution is 7.16. The number of amides is 1. The van der Waals surface area contributed by atoms with Gasteiger partial charge in [0.05, 0.1) is 17.7 Å². The number of hydrogen-bond acceptors (Lipinski definition) is 4. The molecule has 0 saturated heterocycles. The molecule has 0 bridgehead atoms. The Morgan fingerprint density at radius 3 is 3.00 bits per heavy atom. The van der Waals surface area contributed by atoms with Gasteiger partial charge in [0.25, 0.3) is 5.91 Å². The number of ether oxygens (including phenoxy) is 1. The molecule has 1 amide bonds. The monoisotopic (exact) mass is 312 g/mol. The fourth-order valence-corrected chi connectivity index (χ4v) is 3.95. The standard InChI is InChI=1S/C17H16N2O2S/c1-2-21-14-8-4-3-6-12(14)16(20)19-17-13(10-18)11-7-5-9-15(11)22-17/h3-4,6,8H,2,5,7,9H2,1H3,(H,19,20). The van der Waals surface area contributed by atoms with Gasteiger partial charge in [-0.2, -0.15) is 5.26 Å². The number of hydrogen-bond donors (Lipinski definition) is 1. The lowest BCUT2D eigenvalue weighted by Gasteiger charge is -2.09. The fraction of sp³-hybridized carbons (Fsp3) is 0.294. The Bertz CT molecular complexity index is 759. The number of rotatable bonds is 4. The molecular weight excluding hydrogens is 296 g/mol. The summed E-state index contributed by atoms with van der Waals surface area (Å²) in [6, 6.07) is 9.38. The van der Waals surface area contributed by atoms with Gasteiger partial charge in [0, 0.05) is 4.88 Å². The second-order valence-corrected chi connectivity index (χ2v) is 6.16. The van der Waals surface area contributed by atoms with E-state index in [1.165, 1.54) is 16.2 Å². The number of thiophene rings is 1. The number of anilines is 1. The molecular formula is C17H16N2O2S. The first-order valence-electron chi connectivity index (χ1n) is 7.32. The maximum Gasteiger partial charge on any atom is 0.260 e. The van der Waals surface area contributed by atoms with E-state index in [9.17, 15) is 10.1 Å².